The van der Waals surface area contributed by atoms with Gasteiger partial charge in [-0.05, 0) is 60.2 Å². The van der Waals surface area contributed by atoms with Crippen molar-refractivity contribution >= 4 is 33.6 Å². The molecule has 1 aliphatic carbocycles. The van der Waals surface area contributed by atoms with Crippen LogP contribution in [-0.2, 0) is 0 Å². The Balaban J connectivity index is 1.99. The fourth-order valence-corrected chi connectivity index (χ4v) is 2.97. The van der Waals surface area contributed by atoms with Gasteiger partial charge in [-0.3, -0.25) is 4.79 Å². The van der Waals surface area contributed by atoms with Crippen molar-refractivity contribution in [2.45, 2.75) is 38.3 Å². The summed E-state index contributed by atoms with van der Waals surface area (Å²) in [6, 6.07) is 2.67. The SMILES string of the molecule is CSCCC(C)NC(=O)c1cc(Br)cn1C1CC1. The lowest BCUT2D eigenvalue weighted by Gasteiger charge is -2.14. The summed E-state index contributed by atoms with van der Waals surface area (Å²) in [5.41, 5.74) is 0.778. The minimum atomic E-state index is 0.0428. The molecule has 0 bridgehead atoms. The van der Waals surface area contributed by atoms with Gasteiger partial charge in [-0.25, -0.2) is 0 Å². The van der Waals surface area contributed by atoms with E-state index in [1.165, 1.54) is 12.8 Å². The van der Waals surface area contributed by atoms with E-state index in [0.717, 1.165) is 22.3 Å². The van der Waals surface area contributed by atoms with Crippen molar-refractivity contribution in [3.05, 3.63) is 22.4 Å². The second-order valence-electron chi connectivity index (χ2n) is 4.84. The van der Waals surface area contributed by atoms with Crippen LogP contribution in [-0.4, -0.2) is 28.5 Å². The van der Waals surface area contributed by atoms with Crippen molar-refractivity contribution in [3.8, 4) is 0 Å². The molecular weight excluding hydrogens is 312 g/mol. The molecule has 0 aromatic carbocycles. The number of hydrogen-bond acceptors (Lipinski definition) is 2. The van der Waals surface area contributed by atoms with Gasteiger partial charge in [-0.15, -0.1) is 0 Å². The van der Waals surface area contributed by atoms with Gasteiger partial charge in [0, 0.05) is 22.8 Å². The van der Waals surface area contributed by atoms with Gasteiger partial charge in [-0.2, -0.15) is 11.8 Å². The number of nitrogens with one attached hydrogen (secondary N) is 1. The highest BCUT2D eigenvalue weighted by Gasteiger charge is 2.28. The van der Waals surface area contributed by atoms with Gasteiger partial charge in [0.2, 0.25) is 0 Å². The predicted octanol–water partition coefficient (Wildman–Crippen LogP) is 3.46. The van der Waals surface area contributed by atoms with Crippen LogP contribution in [0.4, 0.5) is 0 Å². The molecule has 1 unspecified atom stereocenters. The average Bonchev–Trinajstić information content (AvgIpc) is 3.09. The smallest absolute Gasteiger partial charge is 0.268 e. The molecule has 1 aromatic rings. The Hall–Kier alpha value is -0.420. The van der Waals surface area contributed by atoms with Crippen LogP contribution in [0.5, 0.6) is 0 Å². The monoisotopic (exact) mass is 330 g/mol. The van der Waals surface area contributed by atoms with Gasteiger partial charge in [0.1, 0.15) is 5.69 Å². The number of carbonyl (C=O) groups is 1. The third-order valence-corrected chi connectivity index (χ3v) is 4.20. The summed E-state index contributed by atoms with van der Waals surface area (Å²) in [4.78, 5) is 12.2. The standard InChI is InChI=1S/C13H19BrN2OS/c1-9(5-6-18-2)15-13(17)12-7-10(14)8-16(12)11-3-4-11/h7-9,11H,3-6H2,1-2H3,(H,15,17). The van der Waals surface area contributed by atoms with Crippen molar-refractivity contribution in [2.75, 3.05) is 12.0 Å². The normalized spacial score (nSPS) is 16.6. The molecule has 1 aromatic heterocycles. The van der Waals surface area contributed by atoms with Gasteiger partial charge in [0.25, 0.3) is 5.91 Å². The van der Waals surface area contributed by atoms with Crippen LogP contribution in [0.25, 0.3) is 0 Å². The highest BCUT2D eigenvalue weighted by Crippen LogP contribution is 2.37. The van der Waals surface area contributed by atoms with Gasteiger partial charge in [0.05, 0.1) is 0 Å². The molecule has 1 aliphatic rings. The zero-order valence-corrected chi connectivity index (χ0v) is 13.2. The largest absolute Gasteiger partial charge is 0.348 e. The number of nitrogens with zero attached hydrogens (tertiary/aromatic N) is 1. The van der Waals surface area contributed by atoms with Gasteiger partial charge >= 0.3 is 0 Å². The fraction of sp³-hybridized carbons (Fsp3) is 0.615. The van der Waals surface area contributed by atoms with E-state index >= 15 is 0 Å². The molecule has 1 atom stereocenters. The number of thioether (sulfide) groups is 1. The maximum absolute atomic E-state index is 12.2. The molecule has 0 spiro atoms. The highest BCUT2D eigenvalue weighted by atomic mass is 79.9. The van der Waals surface area contributed by atoms with E-state index in [-0.39, 0.29) is 11.9 Å². The molecule has 1 heterocycles. The third kappa shape index (κ3) is 3.54. The van der Waals surface area contributed by atoms with E-state index in [4.69, 9.17) is 0 Å². The number of hydrogen-bond donors (Lipinski definition) is 1. The van der Waals surface area contributed by atoms with Gasteiger partial charge in [-0.1, -0.05) is 0 Å². The van der Waals surface area contributed by atoms with Crippen molar-refractivity contribution in [2.24, 2.45) is 0 Å². The summed E-state index contributed by atoms with van der Waals surface area (Å²) < 4.78 is 3.08. The van der Waals surface area contributed by atoms with E-state index in [0.29, 0.717) is 6.04 Å². The number of carbonyl (C=O) groups excluding carboxylic acids is 1. The van der Waals surface area contributed by atoms with Crippen LogP contribution >= 0.6 is 27.7 Å². The first-order valence-electron chi connectivity index (χ1n) is 6.29. The number of halogens is 1. The Morgan fingerprint density at radius 2 is 2.39 bits per heavy atom. The van der Waals surface area contributed by atoms with E-state index in [1.54, 1.807) is 0 Å². The molecule has 5 heteroatoms. The minimum absolute atomic E-state index is 0.0428. The molecule has 18 heavy (non-hydrogen) atoms. The average molecular weight is 331 g/mol. The van der Waals surface area contributed by atoms with Crippen LogP contribution in [0.15, 0.2) is 16.7 Å². The Morgan fingerprint density at radius 3 is 3.00 bits per heavy atom. The second kappa shape index (κ2) is 6.15. The van der Waals surface area contributed by atoms with Crippen LogP contribution in [0, 0.1) is 0 Å². The fourth-order valence-electron chi connectivity index (χ4n) is 1.95. The van der Waals surface area contributed by atoms with Crippen molar-refractivity contribution in [1.29, 1.82) is 0 Å². The second-order valence-corrected chi connectivity index (χ2v) is 6.74. The third-order valence-electron chi connectivity index (χ3n) is 3.12. The van der Waals surface area contributed by atoms with Gasteiger partial charge in [0.15, 0.2) is 0 Å². The first-order valence-corrected chi connectivity index (χ1v) is 8.47. The minimum Gasteiger partial charge on any atom is -0.348 e. The zero-order chi connectivity index (χ0) is 13.1. The van der Waals surface area contributed by atoms with E-state index in [9.17, 15) is 4.79 Å². The first-order chi connectivity index (χ1) is 8.61. The molecule has 3 nitrogen and oxygen atoms in total. The molecule has 1 amide bonds. The molecule has 1 N–H and O–H groups in total. The number of rotatable bonds is 6. The van der Waals surface area contributed by atoms with Crippen molar-refractivity contribution < 1.29 is 4.79 Å². The van der Waals surface area contributed by atoms with E-state index in [2.05, 4.69) is 39.0 Å². The van der Waals surface area contributed by atoms with Crippen LogP contribution in [0.2, 0.25) is 0 Å². The maximum Gasteiger partial charge on any atom is 0.268 e. The summed E-state index contributed by atoms with van der Waals surface area (Å²) in [5.74, 6) is 1.12. The van der Waals surface area contributed by atoms with Crippen molar-refractivity contribution in [3.63, 3.8) is 0 Å². The molecular formula is C13H19BrN2OS. The van der Waals surface area contributed by atoms with Gasteiger partial charge < -0.3 is 9.88 Å². The first kappa shape index (κ1) is 14.0. The number of aromatic nitrogens is 1. The lowest BCUT2D eigenvalue weighted by Crippen LogP contribution is -2.34. The molecule has 0 radical (unpaired) electrons. The van der Waals surface area contributed by atoms with Crippen LogP contribution in [0.1, 0.15) is 42.7 Å². The molecule has 1 saturated carbocycles. The lowest BCUT2D eigenvalue weighted by atomic mass is 10.2. The topological polar surface area (TPSA) is 34.0 Å². The summed E-state index contributed by atoms with van der Waals surface area (Å²) >= 11 is 5.26. The highest BCUT2D eigenvalue weighted by molar-refractivity contribution is 9.10. The summed E-state index contributed by atoms with van der Waals surface area (Å²) in [7, 11) is 0. The zero-order valence-electron chi connectivity index (χ0n) is 10.8. The summed E-state index contributed by atoms with van der Waals surface area (Å²) in [5, 5.41) is 3.07. The Bertz CT molecular complexity index is 429. The Labute approximate surface area is 121 Å². The maximum atomic E-state index is 12.2. The lowest BCUT2D eigenvalue weighted by molar-refractivity contribution is 0.0930. The van der Waals surface area contributed by atoms with Crippen LogP contribution in [0.3, 0.4) is 0 Å². The van der Waals surface area contributed by atoms with Crippen molar-refractivity contribution in [1.82, 2.24) is 9.88 Å². The number of amides is 1. The Morgan fingerprint density at radius 1 is 1.67 bits per heavy atom. The quantitative estimate of drug-likeness (QED) is 0.866. The van der Waals surface area contributed by atoms with Crippen LogP contribution < -0.4 is 5.32 Å². The Kier molecular flexibility index (Phi) is 4.78. The molecule has 1 fully saturated rings. The molecule has 2 rings (SSSR count). The predicted molar refractivity (Wildman–Crippen MR) is 80.3 cm³/mol. The molecule has 0 aliphatic heterocycles. The summed E-state index contributed by atoms with van der Waals surface area (Å²) in [6.07, 6.45) is 7.48. The molecule has 0 saturated heterocycles. The summed E-state index contributed by atoms with van der Waals surface area (Å²) in [6.45, 7) is 2.06. The van der Waals surface area contributed by atoms with E-state index < -0.39 is 0 Å². The molecule has 100 valence electrons. The van der Waals surface area contributed by atoms with E-state index in [1.807, 2.05) is 24.0 Å².